The summed E-state index contributed by atoms with van der Waals surface area (Å²) in [6.45, 7) is 3.76. The van der Waals surface area contributed by atoms with E-state index >= 15 is 0 Å². The van der Waals surface area contributed by atoms with E-state index < -0.39 is 0 Å². The summed E-state index contributed by atoms with van der Waals surface area (Å²) in [5.74, 6) is 0. The number of pyridine rings is 1. The maximum Gasteiger partial charge on any atom is 0.255 e. The van der Waals surface area contributed by atoms with E-state index in [0.717, 1.165) is 22.1 Å². The summed E-state index contributed by atoms with van der Waals surface area (Å²) in [4.78, 5) is 14.6. The molecule has 0 fully saturated rings. The summed E-state index contributed by atoms with van der Waals surface area (Å²) in [6.07, 6.45) is 5.84. The van der Waals surface area contributed by atoms with Crippen molar-refractivity contribution < 1.29 is 4.42 Å². The number of allylic oxidation sites excluding steroid dienone is 1. The van der Waals surface area contributed by atoms with Gasteiger partial charge in [-0.2, -0.15) is 0 Å². The number of nitrogens with one attached hydrogen (secondary N) is 1. The number of fused-ring (bicyclic) bond motifs is 1. The highest BCUT2D eigenvalue weighted by Gasteiger charge is 2.09. The molecule has 0 radical (unpaired) electrons. The maximum atomic E-state index is 11.9. The van der Waals surface area contributed by atoms with Crippen LogP contribution in [0, 0.1) is 0 Å². The van der Waals surface area contributed by atoms with Gasteiger partial charge in [0, 0.05) is 17.1 Å². The van der Waals surface area contributed by atoms with Crippen LogP contribution in [0.5, 0.6) is 0 Å². The van der Waals surface area contributed by atoms with Gasteiger partial charge in [-0.05, 0) is 47.9 Å². The number of aromatic amines is 1. The summed E-state index contributed by atoms with van der Waals surface area (Å²) >= 11 is 0. The van der Waals surface area contributed by atoms with Gasteiger partial charge in [0.05, 0.1) is 6.26 Å². The molecule has 94 valence electrons. The number of aromatic nitrogens is 1. The summed E-state index contributed by atoms with van der Waals surface area (Å²) in [5.41, 5.74) is 3.37. The van der Waals surface area contributed by atoms with Crippen molar-refractivity contribution in [2.45, 2.75) is 6.42 Å². The lowest BCUT2D eigenvalue weighted by Gasteiger charge is -2.05. The normalized spacial score (nSPS) is 10.7. The van der Waals surface area contributed by atoms with E-state index in [4.69, 9.17) is 4.42 Å². The zero-order chi connectivity index (χ0) is 13.2. The Morgan fingerprint density at radius 3 is 3.00 bits per heavy atom. The number of benzene rings is 1. The first-order valence-electron chi connectivity index (χ1n) is 6.08. The minimum Gasteiger partial charge on any atom is -0.464 e. The van der Waals surface area contributed by atoms with Gasteiger partial charge in [0.25, 0.3) is 5.56 Å². The Morgan fingerprint density at radius 1 is 1.32 bits per heavy atom. The monoisotopic (exact) mass is 251 g/mol. The smallest absolute Gasteiger partial charge is 0.255 e. The molecule has 0 spiro atoms. The third kappa shape index (κ3) is 1.99. The standard InChI is InChI=1S/C16H13NO2/c1-2-4-11-9-13(10-12-6-8-19-15(11)12)14-5-3-7-17-16(14)18/h2-3,5-10H,1,4H2,(H,17,18). The van der Waals surface area contributed by atoms with Crippen LogP contribution in [-0.4, -0.2) is 4.98 Å². The Labute approximate surface area is 110 Å². The molecular weight excluding hydrogens is 238 g/mol. The lowest BCUT2D eigenvalue weighted by Crippen LogP contribution is -2.07. The molecule has 0 atom stereocenters. The SMILES string of the molecule is C=CCc1cc(-c2ccc[nH]c2=O)cc2ccoc12. The molecule has 3 rings (SSSR count). The number of furan rings is 1. The highest BCUT2D eigenvalue weighted by Crippen LogP contribution is 2.27. The molecule has 0 saturated carbocycles. The van der Waals surface area contributed by atoms with Crippen LogP contribution in [0.1, 0.15) is 5.56 Å². The van der Waals surface area contributed by atoms with Crippen molar-refractivity contribution in [3.8, 4) is 11.1 Å². The maximum absolute atomic E-state index is 11.9. The molecule has 0 bridgehead atoms. The predicted molar refractivity (Wildman–Crippen MR) is 76.2 cm³/mol. The van der Waals surface area contributed by atoms with Crippen LogP contribution in [0.4, 0.5) is 0 Å². The average Bonchev–Trinajstić information content (AvgIpc) is 2.88. The Bertz CT molecular complexity index is 796. The van der Waals surface area contributed by atoms with E-state index in [1.165, 1.54) is 0 Å². The minimum atomic E-state index is -0.0881. The first kappa shape index (κ1) is 11.5. The number of rotatable bonds is 3. The van der Waals surface area contributed by atoms with E-state index in [2.05, 4.69) is 11.6 Å². The molecule has 0 aliphatic heterocycles. The van der Waals surface area contributed by atoms with Crippen molar-refractivity contribution in [3.05, 3.63) is 71.4 Å². The molecule has 0 aliphatic rings. The molecule has 0 saturated heterocycles. The van der Waals surface area contributed by atoms with Gasteiger partial charge in [0.1, 0.15) is 5.58 Å². The fraction of sp³-hybridized carbons (Fsp3) is 0.0625. The van der Waals surface area contributed by atoms with Gasteiger partial charge in [-0.15, -0.1) is 6.58 Å². The molecule has 1 N–H and O–H groups in total. The quantitative estimate of drug-likeness (QED) is 0.724. The lowest BCUT2D eigenvalue weighted by atomic mass is 10.0. The summed E-state index contributed by atoms with van der Waals surface area (Å²) in [6, 6.07) is 9.50. The predicted octanol–water partition coefficient (Wildman–Crippen LogP) is 3.52. The Balaban J connectivity index is 2.27. The van der Waals surface area contributed by atoms with Gasteiger partial charge in [-0.25, -0.2) is 0 Å². The molecule has 3 nitrogen and oxygen atoms in total. The molecule has 2 aromatic heterocycles. The first-order valence-corrected chi connectivity index (χ1v) is 6.08. The van der Waals surface area contributed by atoms with E-state index in [1.807, 2.05) is 36.4 Å². The molecule has 2 heterocycles. The topological polar surface area (TPSA) is 46.0 Å². The van der Waals surface area contributed by atoms with Crippen molar-refractivity contribution in [2.75, 3.05) is 0 Å². The molecular formula is C16H13NO2. The zero-order valence-electron chi connectivity index (χ0n) is 10.3. The highest BCUT2D eigenvalue weighted by atomic mass is 16.3. The number of H-pyrrole nitrogens is 1. The highest BCUT2D eigenvalue weighted by molar-refractivity contribution is 5.86. The fourth-order valence-electron chi connectivity index (χ4n) is 2.27. The Kier molecular flexibility index (Phi) is 2.80. The number of hydrogen-bond donors (Lipinski definition) is 1. The van der Waals surface area contributed by atoms with Crippen LogP contribution in [0.2, 0.25) is 0 Å². The van der Waals surface area contributed by atoms with Crippen molar-refractivity contribution in [1.82, 2.24) is 4.98 Å². The van der Waals surface area contributed by atoms with Gasteiger partial charge in [-0.1, -0.05) is 6.08 Å². The van der Waals surface area contributed by atoms with E-state index in [1.54, 1.807) is 12.5 Å². The van der Waals surface area contributed by atoms with E-state index in [0.29, 0.717) is 12.0 Å². The number of hydrogen-bond acceptors (Lipinski definition) is 2. The van der Waals surface area contributed by atoms with Crippen LogP contribution in [0.25, 0.3) is 22.1 Å². The zero-order valence-corrected chi connectivity index (χ0v) is 10.3. The molecule has 0 aliphatic carbocycles. The second kappa shape index (κ2) is 4.61. The van der Waals surface area contributed by atoms with Gasteiger partial charge < -0.3 is 9.40 Å². The van der Waals surface area contributed by atoms with Gasteiger partial charge in [0.2, 0.25) is 0 Å². The molecule has 0 unspecified atom stereocenters. The molecule has 0 amide bonds. The Morgan fingerprint density at radius 2 is 2.21 bits per heavy atom. The molecule has 1 aromatic carbocycles. The third-order valence-electron chi connectivity index (χ3n) is 3.12. The van der Waals surface area contributed by atoms with Crippen LogP contribution in [-0.2, 0) is 6.42 Å². The molecule has 3 heteroatoms. The fourth-order valence-corrected chi connectivity index (χ4v) is 2.27. The summed E-state index contributed by atoms with van der Waals surface area (Å²) < 4.78 is 5.49. The van der Waals surface area contributed by atoms with E-state index in [-0.39, 0.29) is 5.56 Å². The van der Waals surface area contributed by atoms with Crippen molar-refractivity contribution >= 4 is 11.0 Å². The van der Waals surface area contributed by atoms with Crippen LogP contribution in [0.3, 0.4) is 0 Å². The second-order valence-electron chi connectivity index (χ2n) is 4.38. The van der Waals surface area contributed by atoms with Crippen LogP contribution < -0.4 is 5.56 Å². The molecule has 3 aromatic rings. The first-order chi connectivity index (χ1) is 9.29. The van der Waals surface area contributed by atoms with Gasteiger partial charge >= 0.3 is 0 Å². The van der Waals surface area contributed by atoms with Gasteiger partial charge in [-0.3, -0.25) is 4.79 Å². The third-order valence-corrected chi connectivity index (χ3v) is 3.12. The van der Waals surface area contributed by atoms with Crippen LogP contribution in [0.15, 0.2) is 64.7 Å². The van der Waals surface area contributed by atoms with Gasteiger partial charge in [0.15, 0.2) is 0 Å². The minimum absolute atomic E-state index is 0.0881. The summed E-state index contributed by atoms with van der Waals surface area (Å²) in [5, 5.41) is 0.998. The largest absolute Gasteiger partial charge is 0.464 e. The summed E-state index contributed by atoms with van der Waals surface area (Å²) in [7, 11) is 0. The lowest BCUT2D eigenvalue weighted by molar-refractivity contribution is 0.612. The van der Waals surface area contributed by atoms with Crippen LogP contribution >= 0.6 is 0 Å². The Hall–Kier alpha value is -2.55. The second-order valence-corrected chi connectivity index (χ2v) is 4.38. The van der Waals surface area contributed by atoms with Crippen molar-refractivity contribution in [3.63, 3.8) is 0 Å². The molecule has 19 heavy (non-hydrogen) atoms. The van der Waals surface area contributed by atoms with Crippen molar-refractivity contribution in [2.24, 2.45) is 0 Å². The average molecular weight is 251 g/mol. The van der Waals surface area contributed by atoms with E-state index in [9.17, 15) is 4.79 Å². The van der Waals surface area contributed by atoms with Crippen molar-refractivity contribution in [1.29, 1.82) is 0 Å².